The Kier molecular flexibility index (Phi) is 6.23. The fourth-order valence-corrected chi connectivity index (χ4v) is 7.53. The third-order valence-electron chi connectivity index (χ3n) is 9.92. The Labute approximate surface area is 240 Å². The van der Waals surface area contributed by atoms with Crippen molar-refractivity contribution in [2.24, 2.45) is 0 Å². The number of aromatic hydroxyl groups is 1. The number of likely N-dealkylation sites (N-methyl/N-ethyl adjacent to an activating group) is 1. The van der Waals surface area contributed by atoms with Crippen LogP contribution in [0.4, 0.5) is 5.82 Å². The van der Waals surface area contributed by atoms with Crippen LogP contribution in [0.5, 0.6) is 11.8 Å². The molecule has 0 spiro atoms. The smallest absolute Gasteiger partial charge is 0.319 e. The topological polar surface area (TPSA) is 77.0 Å². The molecule has 212 valence electrons. The van der Waals surface area contributed by atoms with E-state index in [4.69, 9.17) is 14.7 Å². The fraction of sp³-hybridized carbons (Fsp3) is 0.455. The third-order valence-corrected chi connectivity index (χ3v) is 9.92. The number of ether oxygens (including phenoxy) is 1. The molecule has 2 bridgehead atoms. The van der Waals surface area contributed by atoms with Gasteiger partial charge in [0.15, 0.2) is 0 Å². The second kappa shape index (κ2) is 10.1. The maximum Gasteiger partial charge on any atom is 0.319 e. The number of benzene rings is 3. The first-order valence-electron chi connectivity index (χ1n) is 15.2. The monoisotopic (exact) mass is 550 g/mol. The normalized spacial score (nSPS) is 25.3. The molecule has 3 atom stereocenters. The molecule has 0 radical (unpaired) electrons. The number of piperazine rings is 1. The number of fused-ring (bicyclic) bond motifs is 4. The van der Waals surface area contributed by atoms with Crippen LogP contribution in [-0.2, 0) is 0 Å². The quantitative estimate of drug-likeness (QED) is 0.369. The van der Waals surface area contributed by atoms with E-state index in [0.29, 0.717) is 36.8 Å². The fourth-order valence-electron chi connectivity index (χ4n) is 7.53. The van der Waals surface area contributed by atoms with Gasteiger partial charge in [0.2, 0.25) is 0 Å². The van der Waals surface area contributed by atoms with E-state index < -0.39 is 0 Å². The Morgan fingerprint density at radius 2 is 1.76 bits per heavy atom. The lowest BCUT2D eigenvalue weighted by molar-refractivity contribution is 0.117. The molecule has 4 saturated heterocycles. The van der Waals surface area contributed by atoms with E-state index in [1.54, 1.807) is 0 Å². The lowest BCUT2D eigenvalue weighted by atomic mass is 9.97. The van der Waals surface area contributed by atoms with Crippen LogP contribution in [-0.4, -0.2) is 95.4 Å². The zero-order valence-corrected chi connectivity index (χ0v) is 23.7. The molecule has 4 aromatic rings. The average Bonchev–Trinajstić information content (AvgIpc) is 3.48. The summed E-state index contributed by atoms with van der Waals surface area (Å²) in [6.07, 6.45) is 4.75. The van der Waals surface area contributed by atoms with Crippen LogP contribution >= 0.6 is 0 Å². The first kappa shape index (κ1) is 25.3. The summed E-state index contributed by atoms with van der Waals surface area (Å²) in [5.41, 5.74) is 2.92. The van der Waals surface area contributed by atoms with Gasteiger partial charge in [0.1, 0.15) is 18.2 Å². The number of phenols is 1. The minimum atomic E-state index is 0.267. The van der Waals surface area contributed by atoms with Gasteiger partial charge in [-0.2, -0.15) is 9.97 Å². The minimum Gasteiger partial charge on any atom is -0.508 e. The molecule has 3 aromatic carbocycles. The Bertz CT molecular complexity index is 1590. The minimum absolute atomic E-state index is 0.267. The molecule has 0 aliphatic carbocycles. The van der Waals surface area contributed by atoms with Crippen molar-refractivity contribution in [3.63, 3.8) is 0 Å². The number of nitrogens with one attached hydrogen (secondary N) is 1. The molecule has 2 unspecified atom stereocenters. The zero-order valence-electron chi connectivity index (χ0n) is 23.7. The molecular formula is C33H38N6O2. The largest absolute Gasteiger partial charge is 0.508 e. The number of hydrogen-bond donors (Lipinski definition) is 2. The van der Waals surface area contributed by atoms with Gasteiger partial charge in [0.25, 0.3) is 0 Å². The standard InChI is InChI=1S/C33H38N6O2/c1-37-12-4-6-25(37)20-41-33-35-31-14-22(30-15-27(40)13-21-5-2-3-7-28(21)30)8-11-29(31)32(36-33)39-23-9-10-24(39)19-38(18-23)26-16-34-17-26/h2-3,5,7-8,11,13-15,23-26,34,40H,4,6,9-10,12,16-20H2,1H3/t23?,24?,25-/m0/s1. The van der Waals surface area contributed by atoms with E-state index in [1.165, 1.54) is 19.3 Å². The lowest BCUT2D eigenvalue weighted by Crippen LogP contribution is -2.64. The van der Waals surface area contributed by atoms with Crippen LogP contribution in [0.3, 0.4) is 0 Å². The number of hydrogen-bond acceptors (Lipinski definition) is 8. The van der Waals surface area contributed by atoms with Gasteiger partial charge in [-0.15, -0.1) is 0 Å². The molecule has 4 aliphatic rings. The summed E-state index contributed by atoms with van der Waals surface area (Å²) >= 11 is 0. The number of likely N-dealkylation sites (tertiary alicyclic amines) is 2. The van der Waals surface area contributed by atoms with Crippen molar-refractivity contribution in [2.75, 3.05) is 51.3 Å². The molecule has 1 aromatic heterocycles. The van der Waals surface area contributed by atoms with Gasteiger partial charge in [-0.3, -0.25) is 4.90 Å². The molecule has 8 heteroatoms. The van der Waals surface area contributed by atoms with Crippen LogP contribution in [0.25, 0.3) is 32.8 Å². The molecule has 5 heterocycles. The molecular weight excluding hydrogens is 512 g/mol. The summed E-state index contributed by atoms with van der Waals surface area (Å²) in [5.74, 6) is 1.28. The molecule has 2 N–H and O–H groups in total. The average molecular weight is 551 g/mol. The SMILES string of the molecule is CN1CCC[C@H]1COc1nc(N2C3CCC2CN(C2CNC2)C3)c2ccc(-c3cc(O)cc4ccccc34)cc2n1. The van der Waals surface area contributed by atoms with Crippen molar-refractivity contribution in [3.05, 3.63) is 54.6 Å². The maximum absolute atomic E-state index is 10.5. The summed E-state index contributed by atoms with van der Waals surface area (Å²) in [5, 5.41) is 17.2. The van der Waals surface area contributed by atoms with Gasteiger partial charge in [-0.1, -0.05) is 30.3 Å². The Balaban J connectivity index is 1.20. The highest BCUT2D eigenvalue weighted by Crippen LogP contribution is 2.40. The predicted molar refractivity (Wildman–Crippen MR) is 163 cm³/mol. The first-order chi connectivity index (χ1) is 20.1. The van der Waals surface area contributed by atoms with Gasteiger partial charge in [0.05, 0.1) is 5.52 Å². The van der Waals surface area contributed by atoms with Crippen molar-refractivity contribution >= 4 is 27.5 Å². The summed E-state index contributed by atoms with van der Waals surface area (Å²) in [4.78, 5) is 17.8. The first-order valence-corrected chi connectivity index (χ1v) is 15.2. The van der Waals surface area contributed by atoms with E-state index in [1.807, 2.05) is 30.3 Å². The van der Waals surface area contributed by atoms with Crippen LogP contribution < -0.4 is 15.0 Å². The number of nitrogens with zero attached hydrogens (tertiary/aromatic N) is 5. The molecule has 4 fully saturated rings. The van der Waals surface area contributed by atoms with Crippen LogP contribution in [0, 0.1) is 0 Å². The zero-order chi connectivity index (χ0) is 27.5. The van der Waals surface area contributed by atoms with Gasteiger partial charge in [0, 0.05) is 55.7 Å². The van der Waals surface area contributed by atoms with Crippen molar-refractivity contribution in [2.45, 2.75) is 49.9 Å². The second-order valence-electron chi connectivity index (χ2n) is 12.4. The lowest BCUT2D eigenvalue weighted by Gasteiger charge is -2.47. The Hall–Kier alpha value is -3.46. The predicted octanol–water partition coefficient (Wildman–Crippen LogP) is 4.25. The number of rotatable bonds is 6. The number of anilines is 1. The number of aromatic nitrogens is 2. The highest BCUT2D eigenvalue weighted by atomic mass is 16.5. The van der Waals surface area contributed by atoms with Gasteiger partial charge >= 0.3 is 6.01 Å². The van der Waals surface area contributed by atoms with E-state index in [0.717, 1.165) is 77.8 Å². The van der Waals surface area contributed by atoms with Crippen molar-refractivity contribution in [1.82, 2.24) is 25.1 Å². The molecule has 8 nitrogen and oxygen atoms in total. The van der Waals surface area contributed by atoms with Gasteiger partial charge < -0.3 is 25.0 Å². The Morgan fingerprint density at radius 3 is 2.51 bits per heavy atom. The van der Waals surface area contributed by atoms with Crippen LogP contribution in [0.2, 0.25) is 0 Å². The van der Waals surface area contributed by atoms with E-state index in [-0.39, 0.29) is 5.75 Å². The summed E-state index contributed by atoms with van der Waals surface area (Å²) in [6, 6.07) is 20.8. The molecule has 4 aliphatic heterocycles. The van der Waals surface area contributed by atoms with Gasteiger partial charge in [-0.25, -0.2) is 0 Å². The van der Waals surface area contributed by atoms with Gasteiger partial charge in [-0.05, 0) is 85.4 Å². The summed E-state index contributed by atoms with van der Waals surface area (Å²) in [7, 11) is 2.17. The second-order valence-corrected chi connectivity index (χ2v) is 12.4. The van der Waals surface area contributed by atoms with E-state index in [2.05, 4.69) is 51.3 Å². The molecule has 0 saturated carbocycles. The van der Waals surface area contributed by atoms with Crippen molar-refractivity contribution in [3.8, 4) is 22.9 Å². The highest BCUT2D eigenvalue weighted by molar-refractivity contribution is 6.01. The van der Waals surface area contributed by atoms with E-state index in [9.17, 15) is 5.11 Å². The molecule has 41 heavy (non-hydrogen) atoms. The summed E-state index contributed by atoms with van der Waals surface area (Å²) in [6.45, 7) is 6.11. The van der Waals surface area contributed by atoms with E-state index >= 15 is 0 Å². The third kappa shape index (κ3) is 4.49. The maximum atomic E-state index is 10.5. The van der Waals surface area contributed by atoms with Crippen LogP contribution in [0.1, 0.15) is 25.7 Å². The highest BCUT2D eigenvalue weighted by Gasteiger charge is 2.44. The van der Waals surface area contributed by atoms with Crippen LogP contribution in [0.15, 0.2) is 54.6 Å². The molecule has 8 rings (SSSR count). The van der Waals surface area contributed by atoms with Crippen molar-refractivity contribution in [1.29, 1.82) is 0 Å². The summed E-state index contributed by atoms with van der Waals surface area (Å²) < 4.78 is 6.36. The number of phenolic OH excluding ortho intramolecular Hbond substituents is 1. The molecule has 0 amide bonds. The van der Waals surface area contributed by atoms with Crippen molar-refractivity contribution < 1.29 is 9.84 Å². The Morgan fingerprint density at radius 1 is 0.927 bits per heavy atom.